The van der Waals surface area contributed by atoms with E-state index in [2.05, 4.69) is 18.9 Å². The lowest BCUT2D eigenvalue weighted by Gasteiger charge is -2.50. The summed E-state index contributed by atoms with van der Waals surface area (Å²) < 4.78 is 0. The molecule has 0 aromatic carbocycles. The molecular formula is C13H26N2O. The van der Waals surface area contributed by atoms with Gasteiger partial charge in [0.15, 0.2) is 0 Å². The fourth-order valence-electron chi connectivity index (χ4n) is 3.66. The molecule has 3 unspecified atom stereocenters. The Kier molecular flexibility index (Phi) is 3.06. The second-order valence-corrected chi connectivity index (χ2v) is 6.16. The number of nitrogens with zero attached hydrogens (tertiary/aromatic N) is 1. The molecule has 0 aromatic heterocycles. The number of rotatable bonds is 3. The second-order valence-electron chi connectivity index (χ2n) is 6.16. The van der Waals surface area contributed by atoms with Crippen molar-refractivity contribution in [3.05, 3.63) is 0 Å². The van der Waals surface area contributed by atoms with Crippen LogP contribution >= 0.6 is 0 Å². The Morgan fingerprint density at radius 3 is 2.31 bits per heavy atom. The Morgan fingerprint density at radius 2 is 1.88 bits per heavy atom. The Morgan fingerprint density at radius 1 is 1.38 bits per heavy atom. The van der Waals surface area contributed by atoms with Crippen LogP contribution < -0.4 is 5.73 Å². The molecule has 2 fully saturated rings. The molecule has 0 amide bonds. The van der Waals surface area contributed by atoms with Crippen molar-refractivity contribution in [2.45, 2.75) is 75.6 Å². The first kappa shape index (κ1) is 12.3. The van der Waals surface area contributed by atoms with Gasteiger partial charge in [-0.3, -0.25) is 0 Å². The van der Waals surface area contributed by atoms with Crippen LogP contribution in [0.15, 0.2) is 0 Å². The minimum absolute atomic E-state index is 0.427. The summed E-state index contributed by atoms with van der Waals surface area (Å²) in [6, 6.07) is 1.09. The highest BCUT2D eigenvalue weighted by molar-refractivity contribution is 5.10. The lowest BCUT2D eigenvalue weighted by Crippen LogP contribution is -2.64. The lowest BCUT2D eigenvalue weighted by atomic mass is 9.70. The van der Waals surface area contributed by atoms with E-state index in [0.29, 0.717) is 12.1 Å². The Labute approximate surface area is 99.0 Å². The largest absolute Gasteiger partial charge is 0.388 e. The number of nitrogens with two attached hydrogens (primary N) is 1. The van der Waals surface area contributed by atoms with E-state index in [4.69, 9.17) is 5.73 Å². The van der Waals surface area contributed by atoms with Crippen LogP contribution in [0.25, 0.3) is 0 Å². The molecule has 2 saturated heterocycles. The van der Waals surface area contributed by atoms with Crippen LogP contribution in [0.4, 0.5) is 0 Å². The van der Waals surface area contributed by atoms with Crippen LogP contribution in [0.5, 0.6) is 0 Å². The highest BCUT2D eigenvalue weighted by Crippen LogP contribution is 2.44. The zero-order valence-electron chi connectivity index (χ0n) is 10.9. The molecule has 2 bridgehead atoms. The summed E-state index contributed by atoms with van der Waals surface area (Å²) >= 11 is 0. The topological polar surface area (TPSA) is 49.5 Å². The van der Waals surface area contributed by atoms with Crippen molar-refractivity contribution in [3.63, 3.8) is 0 Å². The van der Waals surface area contributed by atoms with Gasteiger partial charge in [-0.15, -0.1) is 0 Å². The van der Waals surface area contributed by atoms with Crippen LogP contribution in [0.3, 0.4) is 0 Å². The molecule has 2 rings (SSSR count). The third-order valence-electron chi connectivity index (χ3n) is 4.96. The van der Waals surface area contributed by atoms with Crippen molar-refractivity contribution < 1.29 is 5.11 Å². The van der Waals surface area contributed by atoms with E-state index in [-0.39, 0.29) is 0 Å². The first-order valence-corrected chi connectivity index (χ1v) is 6.63. The van der Waals surface area contributed by atoms with Gasteiger partial charge in [0.2, 0.25) is 0 Å². The molecule has 94 valence electrons. The standard InChI is InChI=1S/C13H26N2O/c1-4-7-12(2,14)13(16)8-10-5-6-11(9-13)15(10)3/h10-11,16H,4-9,14H2,1-3H3. The number of fused-ring (bicyclic) bond motifs is 2. The third-order valence-corrected chi connectivity index (χ3v) is 4.96. The Bertz CT molecular complexity index is 251. The maximum atomic E-state index is 10.9. The molecule has 3 N–H and O–H groups in total. The first-order chi connectivity index (χ1) is 7.39. The van der Waals surface area contributed by atoms with Crippen LogP contribution in [0.1, 0.15) is 52.4 Å². The minimum Gasteiger partial charge on any atom is -0.388 e. The Balaban J connectivity index is 2.15. The van der Waals surface area contributed by atoms with Gasteiger partial charge in [-0.1, -0.05) is 13.3 Å². The molecule has 3 atom stereocenters. The monoisotopic (exact) mass is 226 g/mol. The number of hydrogen-bond acceptors (Lipinski definition) is 3. The predicted molar refractivity (Wildman–Crippen MR) is 66.3 cm³/mol. The Hall–Kier alpha value is -0.120. The van der Waals surface area contributed by atoms with Crippen molar-refractivity contribution in [1.29, 1.82) is 0 Å². The molecule has 0 aliphatic carbocycles. The number of hydrogen-bond donors (Lipinski definition) is 2. The SMILES string of the molecule is CCCC(C)(N)C1(O)CC2CCC(C1)N2C. The molecule has 3 nitrogen and oxygen atoms in total. The molecule has 3 heteroatoms. The highest BCUT2D eigenvalue weighted by atomic mass is 16.3. The maximum Gasteiger partial charge on any atom is 0.0853 e. The van der Waals surface area contributed by atoms with Gasteiger partial charge in [0.25, 0.3) is 0 Å². The van der Waals surface area contributed by atoms with E-state index in [1.165, 1.54) is 12.8 Å². The van der Waals surface area contributed by atoms with E-state index in [9.17, 15) is 5.11 Å². The van der Waals surface area contributed by atoms with Crippen molar-refractivity contribution in [3.8, 4) is 0 Å². The normalized spacial score (nSPS) is 43.3. The van der Waals surface area contributed by atoms with Crippen molar-refractivity contribution in [2.24, 2.45) is 5.73 Å². The van der Waals surface area contributed by atoms with Crippen molar-refractivity contribution in [1.82, 2.24) is 4.90 Å². The van der Waals surface area contributed by atoms with Crippen LogP contribution in [0.2, 0.25) is 0 Å². The molecule has 0 radical (unpaired) electrons. The van der Waals surface area contributed by atoms with E-state index in [1.54, 1.807) is 0 Å². The van der Waals surface area contributed by atoms with Gasteiger partial charge in [0, 0.05) is 17.6 Å². The summed E-state index contributed by atoms with van der Waals surface area (Å²) in [4.78, 5) is 2.44. The smallest absolute Gasteiger partial charge is 0.0853 e. The van der Waals surface area contributed by atoms with Crippen molar-refractivity contribution in [2.75, 3.05) is 7.05 Å². The molecule has 0 aromatic rings. The first-order valence-electron chi connectivity index (χ1n) is 6.63. The van der Waals surface area contributed by atoms with E-state index in [1.807, 2.05) is 6.92 Å². The maximum absolute atomic E-state index is 10.9. The van der Waals surface area contributed by atoms with Gasteiger partial charge < -0.3 is 15.7 Å². The average Bonchev–Trinajstić information content (AvgIpc) is 2.44. The summed E-state index contributed by atoms with van der Waals surface area (Å²) in [5, 5.41) is 10.9. The molecule has 0 saturated carbocycles. The highest BCUT2D eigenvalue weighted by Gasteiger charge is 2.52. The zero-order chi connectivity index (χ0) is 12.0. The van der Waals surface area contributed by atoms with Crippen molar-refractivity contribution >= 4 is 0 Å². The quantitative estimate of drug-likeness (QED) is 0.766. The van der Waals surface area contributed by atoms with Crippen LogP contribution in [-0.4, -0.2) is 40.3 Å². The summed E-state index contributed by atoms with van der Waals surface area (Å²) in [7, 11) is 2.19. The van der Waals surface area contributed by atoms with Gasteiger partial charge >= 0.3 is 0 Å². The van der Waals surface area contributed by atoms with Gasteiger partial charge in [-0.2, -0.15) is 0 Å². The summed E-state index contributed by atoms with van der Waals surface area (Å²) in [5.74, 6) is 0. The second kappa shape index (κ2) is 3.97. The molecule has 2 aliphatic rings. The number of aliphatic hydroxyl groups is 1. The van der Waals surface area contributed by atoms with Gasteiger partial charge in [-0.25, -0.2) is 0 Å². The lowest BCUT2D eigenvalue weighted by molar-refractivity contribution is -0.0952. The van der Waals surface area contributed by atoms with E-state index in [0.717, 1.165) is 25.7 Å². The summed E-state index contributed by atoms with van der Waals surface area (Å²) in [6.45, 7) is 4.17. The molecule has 0 spiro atoms. The predicted octanol–water partition coefficient (Wildman–Crippen LogP) is 1.49. The van der Waals surface area contributed by atoms with Gasteiger partial charge in [0.1, 0.15) is 0 Å². The van der Waals surface area contributed by atoms with Gasteiger partial charge in [0.05, 0.1) is 5.60 Å². The molecule has 2 aliphatic heterocycles. The molecule has 2 heterocycles. The van der Waals surface area contributed by atoms with E-state index >= 15 is 0 Å². The molecule has 16 heavy (non-hydrogen) atoms. The molecular weight excluding hydrogens is 200 g/mol. The van der Waals surface area contributed by atoms with Gasteiger partial charge in [-0.05, 0) is 46.1 Å². The fraction of sp³-hybridized carbons (Fsp3) is 1.00. The van der Waals surface area contributed by atoms with E-state index < -0.39 is 11.1 Å². The number of piperidine rings is 1. The van der Waals surface area contributed by atoms with Crippen LogP contribution in [-0.2, 0) is 0 Å². The zero-order valence-corrected chi connectivity index (χ0v) is 10.9. The third kappa shape index (κ3) is 1.79. The summed E-state index contributed by atoms with van der Waals surface area (Å²) in [5.41, 5.74) is 5.29. The summed E-state index contributed by atoms with van der Waals surface area (Å²) in [6.07, 6.45) is 6.12. The fourth-order valence-corrected chi connectivity index (χ4v) is 3.66. The average molecular weight is 226 g/mol. The minimum atomic E-state index is -0.651. The van der Waals surface area contributed by atoms with Crippen LogP contribution in [0, 0.1) is 0 Å².